The van der Waals surface area contributed by atoms with Gasteiger partial charge in [-0.3, -0.25) is 0 Å². The van der Waals surface area contributed by atoms with Gasteiger partial charge in [0.15, 0.2) is 0 Å². The normalized spacial score (nSPS) is 13.6. The van der Waals surface area contributed by atoms with Crippen LogP contribution >= 0.6 is 0 Å². The molecule has 0 atom stereocenters. The Balaban J connectivity index is 3.64. The molecule has 0 spiro atoms. The lowest BCUT2D eigenvalue weighted by molar-refractivity contribution is 1.38. The molecule has 2 N–H and O–H groups in total. The summed E-state index contributed by atoms with van der Waals surface area (Å²) in [6.07, 6.45) is 3.72. The third kappa shape index (κ3) is 2.59. The summed E-state index contributed by atoms with van der Waals surface area (Å²) in [5, 5.41) is 2.14. The van der Waals surface area contributed by atoms with Crippen LogP contribution in [0.25, 0.3) is 17.3 Å². The van der Waals surface area contributed by atoms with Gasteiger partial charge in [0.1, 0.15) is 0 Å². The fraction of sp³-hybridized carbons (Fsp3) is 0.143. The number of nitrogens with two attached hydrogens (primary N) is 1. The second kappa shape index (κ2) is 4.65. The van der Waals surface area contributed by atoms with Crippen molar-refractivity contribution in [1.82, 2.24) is 0 Å². The molecular weight excluding hydrogens is 182 g/mol. The van der Waals surface area contributed by atoms with Crippen LogP contribution in [0.4, 0.5) is 0 Å². The van der Waals surface area contributed by atoms with E-state index in [9.17, 15) is 0 Å². The largest absolute Gasteiger partial charge is 0.402 e. The van der Waals surface area contributed by atoms with E-state index in [1.165, 1.54) is 0 Å². The number of rotatable bonds is 2. The number of allylic oxidation sites excluding steroid dienone is 2. The lowest BCUT2D eigenvalue weighted by Gasteiger charge is -2.01. The fourth-order valence-corrected chi connectivity index (χ4v) is 1.44. The molecule has 0 heterocycles. The van der Waals surface area contributed by atoms with Gasteiger partial charge < -0.3 is 5.73 Å². The van der Waals surface area contributed by atoms with Crippen molar-refractivity contribution in [1.29, 1.82) is 0 Å². The minimum absolute atomic E-state index is 0.811. The molecule has 0 aliphatic heterocycles. The second-order valence-electron chi connectivity index (χ2n) is 3.67. The van der Waals surface area contributed by atoms with E-state index in [0.29, 0.717) is 0 Å². The summed E-state index contributed by atoms with van der Waals surface area (Å²) in [5.74, 6) is 0. The Morgan fingerprint density at radius 3 is 2.47 bits per heavy atom. The van der Waals surface area contributed by atoms with Gasteiger partial charge in [0, 0.05) is 10.9 Å². The molecule has 1 aromatic rings. The van der Waals surface area contributed by atoms with Crippen molar-refractivity contribution in [3.63, 3.8) is 0 Å². The summed E-state index contributed by atoms with van der Waals surface area (Å²) in [6.45, 7) is 11.5. The highest BCUT2D eigenvalue weighted by Gasteiger charge is 1.94. The predicted molar refractivity (Wildman–Crippen MR) is 68.3 cm³/mol. The van der Waals surface area contributed by atoms with E-state index < -0.39 is 0 Å². The Bertz CT molecular complexity index is 503. The van der Waals surface area contributed by atoms with Crippen LogP contribution in [0.15, 0.2) is 37.4 Å². The van der Waals surface area contributed by atoms with E-state index in [1.54, 1.807) is 6.08 Å². The van der Waals surface area contributed by atoms with Gasteiger partial charge in [0.25, 0.3) is 0 Å². The summed E-state index contributed by atoms with van der Waals surface area (Å²) in [5.41, 5.74) is 8.82. The van der Waals surface area contributed by atoms with Gasteiger partial charge in [-0.15, -0.1) is 0 Å². The first-order valence-corrected chi connectivity index (χ1v) is 4.91. The predicted octanol–water partition coefficient (Wildman–Crippen LogP) is 1.77. The van der Waals surface area contributed by atoms with Crippen LogP contribution in [0.1, 0.15) is 19.4 Å². The summed E-state index contributed by atoms with van der Waals surface area (Å²) >= 11 is 0. The SMILES string of the molecule is C=C/C=c1/ccc(C(=C)C)c/c1=C(/C)N. The van der Waals surface area contributed by atoms with Crippen LogP contribution in [0, 0.1) is 0 Å². The second-order valence-corrected chi connectivity index (χ2v) is 3.67. The maximum Gasteiger partial charge on any atom is 0.0129 e. The molecule has 1 aromatic carbocycles. The zero-order chi connectivity index (χ0) is 11.4. The maximum atomic E-state index is 5.85. The summed E-state index contributed by atoms with van der Waals surface area (Å²) in [4.78, 5) is 0. The summed E-state index contributed by atoms with van der Waals surface area (Å²) in [6, 6.07) is 6.15. The van der Waals surface area contributed by atoms with Crippen LogP contribution in [-0.2, 0) is 0 Å². The lowest BCUT2D eigenvalue weighted by atomic mass is 10.1. The molecule has 15 heavy (non-hydrogen) atoms. The third-order valence-corrected chi connectivity index (χ3v) is 2.27. The average Bonchev–Trinajstić information content (AvgIpc) is 2.18. The van der Waals surface area contributed by atoms with E-state index >= 15 is 0 Å². The van der Waals surface area contributed by atoms with Crippen LogP contribution in [0.5, 0.6) is 0 Å². The van der Waals surface area contributed by atoms with Crippen molar-refractivity contribution in [2.45, 2.75) is 13.8 Å². The van der Waals surface area contributed by atoms with Crippen molar-refractivity contribution >= 4 is 17.3 Å². The number of hydrogen-bond acceptors (Lipinski definition) is 1. The van der Waals surface area contributed by atoms with Crippen molar-refractivity contribution in [3.05, 3.63) is 53.4 Å². The Morgan fingerprint density at radius 1 is 1.33 bits per heavy atom. The molecule has 0 saturated heterocycles. The first-order valence-electron chi connectivity index (χ1n) is 4.91. The minimum atomic E-state index is 0.811. The minimum Gasteiger partial charge on any atom is -0.402 e. The van der Waals surface area contributed by atoms with Gasteiger partial charge in [-0.05, 0) is 30.7 Å². The highest BCUT2D eigenvalue weighted by molar-refractivity contribution is 5.62. The van der Waals surface area contributed by atoms with E-state index in [-0.39, 0.29) is 0 Å². The van der Waals surface area contributed by atoms with Gasteiger partial charge in [-0.1, -0.05) is 43.0 Å². The van der Waals surface area contributed by atoms with Crippen LogP contribution in [-0.4, -0.2) is 0 Å². The van der Waals surface area contributed by atoms with Gasteiger partial charge in [0.2, 0.25) is 0 Å². The van der Waals surface area contributed by atoms with Crippen molar-refractivity contribution in [3.8, 4) is 0 Å². The van der Waals surface area contributed by atoms with Crippen molar-refractivity contribution < 1.29 is 0 Å². The van der Waals surface area contributed by atoms with Gasteiger partial charge in [-0.25, -0.2) is 0 Å². The molecular formula is C14H17N. The maximum absolute atomic E-state index is 5.85. The third-order valence-electron chi connectivity index (χ3n) is 2.27. The first kappa shape index (κ1) is 11.3. The number of benzene rings is 1. The molecule has 0 saturated carbocycles. The molecule has 0 unspecified atom stereocenters. The highest BCUT2D eigenvalue weighted by Crippen LogP contribution is 2.06. The molecule has 0 bridgehead atoms. The Labute approximate surface area is 90.9 Å². The molecule has 0 amide bonds. The zero-order valence-electron chi connectivity index (χ0n) is 9.38. The Kier molecular flexibility index (Phi) is 3.51. The van der Waals surface area contributed by atoms with E-state index in [0.717, 1.165) is 27.3 Å². The van der Waals surface area contributed by atoms with Gasteiger partial charge in [-0.2, -0.15) is 0 Å². The number of hydrogen-bond donors (Lipinski definition) is 1. The van der Waals surface area contributed by atoms with Gasteiger partial charge in [0.05, 0.1) is 0 Å². The molecule has 0 radical (unpaired) electrons. The topological polar surface area (TPSA) is 26.0 Å². The molecule has 0 aliphatic rings. The van der Waals surface area contributed by atoms with E-state index in [2.05, 4.69) is 19.2 Å². The Morgan fingerprint density at radius 2 is 2.00 bits per heavy atom. The molecule has 78 valence electrons. The molecule has 0 aromatic heterocycles. The average molecular weight is 199 g/mol. The zero-order valence-corrected chi connectivity index (χ0v) is 9.38. The molecule has 0 fully saturated rings. The molecule has 1 heteroatoms. The molecule has 1 rings (SSSR count). The van der Waals surface area contributed by atoms with E-state index in [1.807, 2.05) is 32.1 Å². The van der Waals surface area contributed by atoms with Crippen molar-refractivity contribution in [2.24, 2.45) is 5.73 Å². The highest BCUT2D eigenvalue weighted by atomic mass is 14.5. The first-order chi connectivity index (χ1) is 7.06. The standard InChI is InChI=1S/C14H17N/c1-5-6-12-7-8-13(10(2)3)9-14(12)11(4)15/h5-9H,1-2,15H2,3-4H3/b12-6-,14-11+. The van der Waals surface area contributed by atoms with Crippen molar-refractivity contribution in [2.75, 3.05) is 0 Å². The molecule has 1 nitrogen and oxygen atoms in total. The molecule has 0 aliphatic carbocycles. The monoisotopic (exact) mass is 199 g/mol. The Hall–Kier alpha value is -1.76. The van der Waals surface area contributed by atoms with Crippen LogP contribution in [0.3, 0.4) is 0 Å². The summed E-state index contributed by atoms with van der Waals surface area (Å²) < 4.78 is 0. The smallest absolute Gasteiger partial charge is 0.0129 e. The van der Waals surface area contributed by atoms with E-state index in [4.69, 9.17) is 5.73 Å². The summed E-state index contributed by atoms with van der Waals surface area (Å²) in [7, 11) is 0. The quantitative estimate of drug-likeness (QED) is 0.772. The van der Waals surface area contributed by atoms with Crippen LogP contribution < -0.4 is 16.2 Å². The van der Waals surface area contributed by atoms with Crippen LogP contribution in [0.2, 0.25) is 0 Å². The van der Waals surface area contributed by atoms with Gasteiger partial charge >= 0.3 is 0 Å². The lowest BCUT2D eigenvalue weighted by Crippen LogP contribution is -2.28. The fourth-order valence-electron chi connectivity index (χ4n) is 1.44.